The lowest BCUT2D eigenvalue weighted by molar-refractivity contribution is 0.184. The summed E-state index contributed by atoms with van der Waals surface area (Å²) < 4.78 is 10.6. The van der Waals surface area contributed by atoms with Crippen molar-refractivity contribution in [2.24, 2.45) is 0 Å². The average molecular weight is 252 g/mol. The Bertz CT molecular complexity index is 398. The van der Waals surface area contributed by atoms with Crippen LogP contribution in [0, 0.1) is 0 Å². The quantitative estimate of drug-likeness (QED) is 0.819. The van der Waals surface area contributed by atoms with Crippen LogP contribution in [0.25, 0.3) is 0 Å². The third kappa shape index (κ3) is 2.86. The SMILES string of the molecule is COc1ccc(OC)c(N2CCNCC(O)C2)c1. The molecule has 5 nitrogen and oxygen atoms in total. The Balaban J connectivity index is 2.28. The van der Waals surface area contributed by atoms with E-state index in [4.69, 9.17) is 9.47 Å². The van der Waals surface area contributed by atoms with Gasteiger partial charge < -0.3 is 24.8 Å². The molecule has 2 N–H and O–H groups in total. The molecule has 0 radical (unpaired) electrons. The first-order chi connectivity index (χ1) is 8.74. The van der Waals surface area contributed by atoms with Gasteiger partial charge in [0.15, 0.2) is 0 Å². The first-order valence-corrected chi connectivity index (χ1v) is 6.10. The maximum atomic E-state index is 9.83. The third-order valence-electron chi connectivity index (χ3n) is 3.10. The molecular weight excluding hydrogens is 232 g/mol. The van der Waals surface area contributed by atoms with Crippen molar-refractivity contribution >= 4 is 5.69 Å². The molecule has 1 fully saturated rings. The van der Waals surface area contributed by atoms with E-state index in [0.29, 0.717) is 13.1 Å². The van der Waals surface area contributed by atoms with Gasteiger partial charge in [0.1, 0.15) is 11.5 Å². The summed E-state index contributed by atoms with van der Waals surface area (Å²) in [5, 5.41) is 13.0. The minimum absolute atomic E-state index is 0.372. The van der Waals surface area contributed by atoms with Crippen molar-refractivity contribution in [2.45, 2.75) is 6.10 Å². The summed E-state index contributed by atoms with van der Waals surface area (Å²) in [6, 6.07) is 5.70. The van der Waals surface area contributed by atoms with Crippen LogP contribution in [-0.2, 0) is 0 Å². The van der Waals surface area contributed by atoms with Crippen LogP contribution in [0.15, 0.2) is 18.2 Å². The Hall–Kier alpha value is -1.46. The molecule has 1 aliphatic rings. The Morgan fingerprint density at radius 3 is 2.89 bits per heavy atom. The van der Waals surface area contributed by atoms with E-state index < -0.39 is 0 Å². The van der Waals surface area contributed by atoms with Gasteiger partial charge in [-0.2, -0.15) is 0 Å². The zero-order chi connectivity index (χ0) is 13.0. The normalized spacial score (nSPS) is 20.4. The molecular formula is C13H20N2O3. The molecule has 100 valence electrons. The van der Waals surface area contributed by atoms with E-state index in [1.54, 1.807) is 14.2 Å². The number of nitrogens with zero attached hydrogens (tertiary/aromatic N) is 1. The highest BCUT2D eigenvalue weighted by Gasteiger charge is 2.19. The Morgan fingerprint density at radius 2 is 2.17 bits per heavy atom. The van der Waals surface area contributed by atoms with Gasteiger partial charge in [-0.25, -0.2) is 0 Å². The zero-order valence-electron chi connectivity index (χ0n) is 10.8. The maximum absolute atomic E-state index is 9.83. The molecule has 0 saturated carbocycles. The van der Waals surface area contributed by atoms with Crippen LogP contribution in [0.2, 0.25) is 0 Å². The van der Waals surface area contributed by atoms with E-state index in [1.807, 2.05) is 18.2 Å². The molecule has 0 aliphatic carbocycles. The monoisotopic (exact) mass is 252 g/mol. The highest BCUT2D eigenvalue weighted by Crippen LogP contribution is 2.32. The molecule has 1 saturated heterocycles. The lowest BCUT2D eigenvalue weighted by atomic mass is 10.2. The van der Waals surface area contributed by atoms with E-state index in [0.717, 1.165) is 30.3 Å². The van der Waals surface area contributed by atoms with Gasteiger partial charge in [0.2, 0.25) is 0 Å². The number of methoxy groups -OCH3 is 2. The van der Waals surface area contributed by atoms with Gasteiger partial charge in [0.25, 0.3) is 0 Å². The number of aliphatic hydroxyl groups is 1. The second-order valence-electron chi connectivity index (χ2n) is 4.34. The van der Waals surface area contributed by atoms with Crippen molar-refractivity contribution in [2.75, 3.05) is 45.3 Å². The molecule has 1 unspecified atom stereocenters. The first kappa shape index (κ1) is 13.0. The van der Waals surface area contributed by atoms with Crippen molar-refractivity contribution in [3.8, 4) is 11.5 Å². The number of nitrogens with one attached hydrogen (secondary N) is 1. The standard InChI is InChI=1S/C13H20N2O3/c1-17-11-3-4-13(18-2)12(7-11)15-6-5-14-8-10(16)9-15/h3-4,7,10,14,16H,5-6,8-9H2,1-2H3. The predicted molar refractivity (Wildman–Crippen MR) is 70.6 cm³/mol. The summed E-state index contributed by atoms with van der Waals surface area (Å²) in [4.78, 5) is 2.12. The summed E-state index contributed by atoms with van der Waals surface area (Å²) in [6.45, 7) is 2.90. The number of aliphatic hydroxyl groups excluding tert-OH is 1. The number of β-amino-alcohol motifs (C(OH)–C–C–N with tert-alkyl or cyclic N) is 1. The van der Waals surface area contributed by atoms with Crippen LogP contribution < -0.4 is 19.7 Å². The average Bonchev–Trinajstić information content (AvgIpc) is 2.62. The fourth-order valence-electron chi connectivity index (χ4n) is 2.16. The van der Waals surface area contributed by atoms with Crippen molar-refractivity contribution in [1.29, 1.82) is 0 Å². The van der Waals surface area contributed by atoms with Crippen LogP contribution >= 0.6 is 0 Å². The highest BCUT2D eigenvalue weighted by atomic mass is 16.5. The van der Waals surface area contributed by atoms with E-state index in [1.165, 1.54) is 0 Å². The molecule has 1 aliphatic heterocycles. The van der Waals surface area contributed by atoms with E-state index in [-0.39, 0.29) is 6.10 Å². The van der Waals surface area contributed by atoms with Crippen molar-refractivity contribution in [3.05, 3.63) is 18.2 Å². The molecule has 0 spiro atoms. The predicted octanol–water partition coefficient (Wildman–Crippen LogP) is 0.474. The Kier molecular flexibility index (Phi) is 4.28. The molecule has 1 aromatic rings. The molecule has 0 bridgehead atoms. The zero-order valence-corrected chi connectivity index (χ0v) is 10.8. The number of hydrogen-bond donors (Lipinski definition) is 2. The van der Waals surface area contributed by atoms with Crippen LogP contribution in [0.3, 0.4) is 0 Å². The summed E-state index contributed by atoms with van der Waals surface area (Å²) in [5.74, 6) is 1.59. The lowest BCUT2D eigenvalue weighted by Gasteiger charge is -2.26. The van der Waals surface area contributed by atoms with Gasteiger partial charge >= 0.3 is 0 Å². The summed E-state index contributed by atoms with van der Waals surface area (Å²) in [5.41, 5.74) is 0.958. The smallest absolute Gasteiger partial charge is 0.142 e. The van der Waals surface area contributed by atoms with Gasteiger partial charge in [-0.1, -0.05) is 0 Å². The topological polar surface area (TPSA) is 54.0 Å². The molecule has 2 rings (SSSR count). The van der Waals surface area contributed by atoms with Crippen LogP contribution in [0.5, 0.6) is 11.5 Å². The summed E-state index contributed by atoms with van der Waals surface area (Å²) in [7, 11) is 3.29. The fraction of sp³-hybridized carbons (Fsp3) is 0.538. The minimum Gasteiger partial charge on any atom is -0.497 e. The maximum Gasteiger partial charge on any atom is 0.142 e. The van der Waals surface area contributed by atoms with Gasteiger partial charge in [-0.05, 0) is 12.1 Å². The molecule has 0 aromatic heterocycles. The second kappa shape index (κ2) is 5.93. The van der Waals surface area contributed by atoms with Gasteiger partial charge in [-0.3, -0.25) is 0 Å². The second-order valence-corrected chi connectivity index (χ2v) is 4.34. The summed E-state index contributed by atoms with van der Waals surface area (Å²) in [6.07, 6.45) is -0.372. The number of ether oxygens (including phenoxy) is 2. The summed E-state index contributed by atoms with van der Waals surface area (Å²) >= 11 is 0. The van der Waals surface area contributed by atoms with Crippen LogP contribution in [0.4, 0.5) is 5.69 Å². The fourth-order valence-corrected chi connectivity index (χ4v) is 2.16. The van der Waals surface area contributed by atoms with E-state index in [9.17, 15) is 5.11 Å². The molecule has 5 heteroatoms. The minimum atomic E-state index is -0.372. The molecule has 1 atom stereocenters. The number of anilines is 1. The van der Waals surface area contributed by atoms with Crippen LogP contribution in [0.1, 0.15) is 0 Å². The van der Waals surface area contributed by atoms with Crippen molar-refractivity contribution < 1.29 is 14.6 Å². The van der Waals surface area contributed by atoms with Crippen molar-refractivity contribution in [3.63, 3.8) is 0 Å². The van der Waals surface area contributed by atoms with Gasteiger partial charge in [0.05, 0.1) is 26.0 Å². The Morgan fingerprint density at radius 1 is 1.33 bits per heavy atom. The Labute approximate surface area is 107 Å². The third-order valence-corrected chi connectivity index (χ3v) is 3.10. The van der Waals surface area contributed by atoms with Crippen LogP contribution in [-0.4, -0.2) is 51.6 Å². The van der Waals surface area contributed by atoms with Crippen molar-refractivity contribution in [1.82, 2.24) is 5.32 Å². The largest absolute Gasteiger partial charge is 0.497 e. The number of benzene rings is 1. The van der Waals surface area contributed by atoms with Gasteiger partial charge in [0, 0.05) is 32.2 Å². The van der Waals surface area contributed by atoms with Gasteiger partial charge in [-0.15, -0.1) is 0 Å². The molecule has 18 heavy (non-hydrogen) atoms. The highest BCUT2D eigenvalue weighted by molar-refractivity contribution is 5.61. The number of hydrogen-bond acceptors (Lipinski definition) is 5. The van der Waals surface area contributed by atoms with E-state index >= 15 is 0 Å². The first-order valence-electron chi connectivity index (χ1n) is 6.10. The number of rotatable bonds is 3. The lowest BCUT2D eigenvalue weighted by Crippen LogP contribution is -2.33. The van der Waals surface area contributed by atoms with E-state index in [2.05, 4.69) is 10.2 Å². The molecule has 0 amide bonds. The molecule has 1 heterocycles. The molecule has 1 aromatic carbocycles.